The Hall–Kier alpha value is -1.88. The van der Waals surface area contributed by atoms with E-state index in [0.29, 0.717) is 0 Å². The van der Waals surface area contributed by atoms with Crippen molar-refractivity contribution in [2.45, 2.75) is 0 Å². The second kappa shape index (κ2) is 3.89. The molecule has 0 saturated heterocycles. The monoisotopic (exact) mass is 213 g/mol. The number of aromatic nitrogens is 4. The predicted molar refractivity (Wildman–Crippen MR) is 45.2 cm³/mol. The Morgan fingerprint density at radius 1 is 1.00 bits per heavy atom. The lowest BCUT2D eigenvalue weighted by atomic mass is 10.8. The van der Waals surface area contributed by atoms with Gasteiger partial charge in [0.2, 0.25) is 0 Å². The minimum Gasteiger partial charge on any atom is -0.141 e. The van der Waals surface area contributed by atoms with Gasteiger partial charge in [0.1, 0.15) is 0 Å². The molecular formula is C6H6N4O3P+. The minimum absolute atomic E-state index is 1.04. The van der Waals surface area contributed by atoms with Crippen LogP contribution in [0, 0.1) is 0 Å². The van der Waals surface area contributed by atoms with E-state index in [2.05, 4.69) is 10.2 Å². The van der Waals surface area contributed by atoms with Crippen LogP contribution in [0.2, 0.25) is 0 Å². The molecule has 7 nitrogen and oxygen atoms in total. The van der Waals surface area contributed by atoms with Crippen LogP contribution < -0.4 is 9.25 Å². The molecule has 2 rings (SSSR count). The Bertz CT molecular complexity index is 360. The molecule has 0 aliphatic rings. The number of nitrogens with zero attached hydrogens (tertiary/aromatic N) is 4. The molecule has 0 amide bonds. The highest BCUT2D eigenvalue weighted by Gasteiger charge is 2.25. The summed E-state index contributed by atoms with van der Waals surface area (Å²) < 4.78 is 20.7. The Balaban J connectivity index is 1.91. The van der Waals surface area contributed by atoms with Crippen LogP contribution in [0.25, 0.3) is 0 Å². The van der Waals surface area contributed by atoms with Gasteiger partial charge in [-0.2, -0.15) is 0 Å². The standard InChI is InChI=1S/C6H6N4O3P/c11-14(12-9-5-1-3-7-9)13-10-6-2-4-8-10/h1-6H/q+1. The summed E-state index contributed by atoms with van der Waals surface area (Å²) >= 11 is 0. The SMILES string of the molecule is O=[P+](On1cccn1)On1cccn1. The van der Waals surface area contributed by atoms with Crippen LogP contribution in [0.15, 0.2) is 36.9 Å². The maximum absolute atomic E-state index is 11.2. The van der Waals surface area contributed by atoms with Gasteiger partial charge < -0.3 is 0 Å². The molecule has 8 heteroatoms. The average Bonchev–Trinajstić information content (AvgIpc) is 2.76. The molecule has 0 aliphatic carbocycles. The van der Waals surface area contributed by atoms with E-state index in [0.717, 1.165) is 9.69 Å². The van der Waals surface area contributed by atoms with Crippen LogP contribution in [0.1, 0.15) is 0 Å². The summed E-state index contributed by atoms with van der Waals surface area (Å²) in [5.74, 6) is 0. The Morgan fingerprint density at radius 2 is 1.50 bits per heavy atom. The van der Waals surface area contributed by atoms with E-state index in [9.17, 15) is 4.57 Å². The molecule has 2 aromatic rings. The van der Waals surface area contributed by atoms with Gasteiger partial charge >= 0.3 is 8.25 Å². The fraction of sp³-hybridized carbons (Fsp3) is 0. The zero-order valence-electron chi connectivity index (χ0n) is 6.92. The summed E-state index contributed by atoms with van der Waals surface area (Å²) in [5.41, 5.74) is 0. The molecular weight excluding hydrogens is 207 g/mol. The van der Waals surface area contributed by atoms with Crippen LogP contribution in [0.5, 0.6) is 0 Å². The Labute approximate surface area is 79.7 Å². The van der Waals surface area contributed by atoms with E-state index < -0.39 is 8.25 Å². The molecule has 2 aromatic heterocycles. The van der Waals surface area contributed by atoms with E-state index in [1.54, 1.807) is 12.1 Å². The minimum atomic E-state index is -2.33. The number of rotatable bonds is 4. The van der Waals surface area contributed by atoms with Gasteiger partial charge in [-0.1, -0.05) is 9.25 Å². The van der Waals surface area contributed by atoms with Gasteiger partial charge in [-0.15, -0.1) is 10.2 Å². The maximum Gasteiger partial charge on any atom is 0.851 e. The topological polar surface area (TPSA) is 71.2 Å². The lowest BCUT2D eigenvalue weighted by molar-refractivity contribution is 0.158. The van der Waals surface area contributed by atoms with E-state index in [1.807, 2.05) is 0 Å². The third-order valence-electron chi connectivity index (χ3n) is 1.26. The summed E-state index contributed by atoms with van der Waals surface area (Å²) in [5, 5.41) is 7.37. The van der Waals surface area contributed by atoms with Crippen molar-refractivity contribution in [2.75, 3.05) is 0 Å². The summed E-state index contributed by atoms with van der Waals surface area (Å²) in [6.07, 6.45) is 5.99. The van der Waals surface area contributed by atoms with Gasteiger partial charge in [-0.05, 0) is 21.8 Å². The van der Waals surface area contributed by atoms with Crippen LogP contribution >= 0.6 is 8.25 Å². The highest BCUT2D eigenvalue weighted by atomic mass is 31.1. The molecule has 2 heterocycles. The third kappa shape index (κ3) is 2.08. The molecule has 0 bridgehead atoms. The van der Waals surface area contributed by atoms with E-state index in [4.69, 9.17) is 9.25 Å². The molecule has 0 radical (unpaired) electrons. The Morgan fingerprint density at radius 3 is 1.86 bits per heavy atom. The summed E-state index contributed by atoms with van der Waals surface area (Å²) in [4.78, 5) is 2.09. The molecule has 72 valence electrons. The van der Waals surface area contributed by atoms with Gasteiger partial charge in [-0.25, -0.2) is 0 Å². The first kappa shape index (κ1) is 8.71. The van der Waals surface area contributed by atoms with Crippen molar-refractivity contribution in [3.05, 3.63) is 36.9 Å². The van der Waals surface area contributed by atoms with Gasteiger partial charge in [0.15, 0.2) is 0 Å². The second-order valence-electron chi connectivity index (χ2n) is 2.20. The molecule has 14 heavy (non-hydrogen) atoms. The van der Waals surface area contributed by atoms with E-state index >= 15 is 0 Å². The van der Waals surface area contributed by atoms with Crippen LogP contribution in [-0.2, 0) is 4.57 Å². The second-order valence-corrected chi connectivity index (χ2v) is 2.98. The maximum atomic E-state index is 11.2. The summed E-state index contributed by atoms with van der Waals surface area (Å²) in [6.45, 7) is 0. The van der Waals surface area contributed by atoms with Crippen molar-refractivity contribution < 1.29 is 13.8 Å². The molecule has 0 unspecified atom stereocenters. The zero-order valence-corrected chi connectivity index (χ0v) is 7.82. The van der Waals surface area contributed by atoms with Crippen LogP contribution in [0.4, 0.5) is 0 Å². The summed E-state index contributed by atoms with van der Waals surface area (Å²) in [7, 11) is -2.33. The quantitative estimate of drug-likeness (QED) is 0.683. The smallest absolute Gasteiger partial charge is 0.141 e. The van der Waals surface area contributed by atoms with Crippen LogP contribution in [0.3, 0.4) is 0 Å². The van der Waals surface area contributed by atoms with Crippen molar-refractivity contribution in [3.8, 4) is 0 Å². The lowest BCUT2D eigenvalue weighted by Crippen LogP contribution is -2.11. The first-order valence-corrected chi connectivity index (χ1v) is 4.77. The van der Waals surface area contributed by atoms with Gasteiger partial charge in [0.25, 0.3) is 0 Å². The largest absolute Gasteiger partial charge is 0.851 e. The van der Waals surface area contributed by atoms with Crippen molar-refractivity contribution in [1.29, 1.82) is 0 Å². The molecule has 0 fully saturated rings. The first-order chi connectivity index (χ1) is 6.84. The zero-order chi connectivity index (χ0) is 9.80. The summed E-state index contributed by atoms with van der Waals surface area (Å²) in [6, 6.07) is 3.27. The highest BCUT2D eigenvalue weighted by Crippen LogP contribution is 2.13. The van der Waals surface area contributed by atoms with Gasteiger partial charge in [0, 0.05) is 4.57 Å². The highest BCUT2D eigenvalue weighted by molar-refractivity contribution is 7.33. The van der Waals surface area contributed by atoms with Crippen molar-refractivity contribution in [2.24, 2.45) is 0 Å². The normalized spacial score (nSPS) is 9.71. The lowest BCUT2D eigenvalue weighted by Gasteiger charge is -1.89. The predicted octanol–water partition coefficient (Wildman–Crippen LogP) is 0.294. The molecule has 0 atom stereocenters. The van der Waals surface area contributed by atoms with Gasteiger partial charge in [-0.3, -0.25) is 0 Å². The third-order valence-corrected chi connectivity index (χ3v) is 1.86. The van der Waals surface area contributed by atoms with Gasteiger partial charge in [0.05, 0.1) is 24.8 Å². The van der Waals surface area contributed by atoms with Crippen LogP contribution in [-0.4, -0.2) is 19.9 Å². The fourth-order valence-electron chi connectivity index (χ4n) is 0.758. The molecule has 0 N–H and O–H groups in total. The van der Waals surface area contributed by atoms with E-state index in [-0.39, 0.29) is 0 Å². The molecule has 0 aromatic carbocycles. The average molecular weight is 213 g/mol. The fourth-order valence-corrected chi connectivity index (χ4v) is 1.25. The Kier molecular flexibility index (Phi) is 2.42. The number of hydrogen-bond donors (Lipinski definition) is 0. The number of hydrogen-bond acceptors (Lipinski definition) is 5. The molecule has 0 saturated carbocycles. The van der Waals surface area contributed by atoms with Crippen molar-refractivity contribution >= 4 is 8.25 Å². The van der Waals surface area contributed by atoms with Crippen molar-refractivity contribution in [1.82, 2.24) is 19.9 Å². The van der Waals surface area contributed by atoms with E-state index in [1.165, 1.54) is 24.8 Å². The first-order valence-electron chi connectivity index (χ1n) is 3.68. The molecule has 0 spiro atoms. The molecule has 0 aliphatic heterocycles. The van der Waals surface area contributed by atoms with Crippen molar-refractivity contribution in [3.63, 3.8) is 0 Å².